The lowest BCUT2D eigenvalue weighted by atomic mass is 9.65. The van der Waals surface area contributed by atoms with Crippen LogP contribution in [0.2, 0.25) is 0 Å². The molecule has 6 nitrogen and oxygen atoms in total. The van der Waals surface area contributed by atoms with Gasteiger partial charge in [0.25, 0.3) is 0 Å². The first-order valence-corrected chi connectivity index (χ1v) is 9.63. The Morgan fingerprint density at radius 3 is 2.82 bits per heavy atom. The van der Waals surface area contributed by atoms with Crippen LogP contribution in [0.25, 0.3) is 10.9 Å². The smallest absolute Gasteiger partial charge is 0.314 e. The zero-order valence-corrected chi connectivity index (χ0v) is 16.6. The normalized spacial score (nSPS) is 26.8. The molecule has 0 amide bonds. The molecule has 1 aromatic heterocycles. The van der Waals surface area contributed by atoms with Crippen LogP contribution < -0.4 is 0 Å². The molecule has 1 fully saturated rings. The largest absolute Gasteiger partial charge is 0.469 e. The van der Waals surface area contributed by atoms with Crippen molar-refractivity contribution in [3.63, 3.8) is 0 Å². The molecule has 6 heteroatoms. The molecule has 4 rings (SSSR count). The standard InChI is InChI=1S/C22H26N2O4/c1-4-14-11-23(2)12-22(21(27)28-3)10-16-15-7-5-6-8-18(15)24(13-25)20(16)19(26)9-17(14)22/h4-8,17,25H,9-13H2,1-3H3/t17-,22-/m0/s1. The van der Waals surface area contributed by atoms with Gasteiger partial charge in [0.15, 0.2) is 5.78 Å². The minimum absolute atomic E-state index is 0.0278. The van der Waals surface area contributed by atoms with Crippen molar-refractivity contribution in [3.8, 4) is 0 Å². The van der Waals surface area contributed by atoms with Crippen molar-refractivity contribution < 1.29 is 19.4 Å². The number of likely N-dealkylation sites (N-methyl/N-ethyl adjacent to an activating group) is 1. The first-order chi connectivity index (χ1) is 13.5. The van der Waals surface area contributed by atoms with Gasteiger partial charge in [-0.05, 0) is 32.0 Å². The molecule has 0 unspecified atom stereocenters. The molecular weight excluding hydrogens is 356 g/mol. The molecule has 2 atom stereocenters. The number of para-hydroxylation sites is 1. The first-order valence-electron chi connectivity index (χ1n) is 9.63. The molecule has 1 aromatic carbocycles. The predicted molar refractivity (Wildman–Crippen MR) is 106 cm³/mol. The van der Waals surface area contributed by atoms with Crippen molar-refractivity contribution in [2.75, 3.05) is 27.2 Å². The summed E-state index contributed by atoms with van der Waals surface area (Å²) < 4.78 is 6.96. The van der Waals surface area contributed by atoms with Crippen LogP contribution >= 0.6 is 0 Å². The van der Waals surface area contributed by atoms with Gasteiger partial charge in [-0.2, -0.15) is 0 Å². The monoisotopic (exact) mass is 382 g/mol. The first kappa shape index (κ1) is 18.9. The summed E-state index contributed by atoms with van der Waals surface area (Å²) in [6.07, 6.45) is 2.69. The number of hydrogen-bond acceptors (Lipinski definition) is 5. The maximum Gasteiger partial charge on any atom is 0.314 e. The number of carbonyl (C=O) groups excluding carboxylic acids is 2. The van der Waals surface area contributed by atoms with E-state index >= 15 is 0 Å². The Bertz CT molecular complexity index is 990. The highest BCUT2D eigenvalue weighted by atomic mass is 16.5. The summed E-state index contributed by atoms with van der Waals surface area (Å²) in [5, 5.41) is 10.9. The fourth-order valence-corrected chi connectivity index (χ4v) is 5.32. The fraction of sp³-hybridized carbons (Fsp3) is 0.455. The maximum absolute atomic E-state index is 13.4. The average Bonchev–Trinajstić information content (AvgIpc) is 2.94. The number of benzene rings is 1. The quantitative estimate of drug-likeness (QED) is 0.638. The molecule has 0 bridgehead atoms. The third kappa shape index (κ3) is 2.55. The van der Waals surface area contributed by atoms with Crippen molar-refractivity contribution >= 4 is 22.7 Å². The van der Waals surface area contributed by atoms with Gasteiger partial charge in [0.2, 0.25) is 0 Å². The number of rotatable bonds is 2. The van der Waals surface area contributed by atoms with Gasteiger partial charge in [0.1, 0.15) is 6.73 Å². The number of Topliss-reactive ketones (excluding diaryl/α,β-unsaturated/α-hetero) is 1. The number of ketones is 1. The third-order valence-corrected chi connectivity index (χ3v) is 6.44. The number of nitrogens with zero attached hydrogens (tertiary/aromatic N) is 2. The van der Waals surface area contributed by atoms with E-state index in [2.05, 4.69) is 4.90 Å². The molecular formula is C22H26N2O4. The molecule has 0 spiro atoms. The summed E-state index contributed by atoms with van der Waals surface area (Å²) in [5.41, 5.74) is 2.46. The molecule has 1 N–H and O–H groups in total. The molecule has 148 valence electrons. The molecule has 0 saturated carbocycles. The number of ether oxygens (including phenoxy) is 1. The summed E-state index contributed by atoms with van der Waals surface area (Å²) in [6.45, 7) is 2.96. The van der Waals surface area contributed by atoms with Gasteiger partial charge < -0.3 is 19.3 Å². The SMILES string of the molecule is CC=C1CN(C)C[C@@]2(C(=O)OC)Cc3c(n(CO)c4ccccc34)C(=O)C[C@@H]12. The number of carbonyl (C=O) groups is 2. The summed E-state index contributed by atoms with van der Waals surface area (Å²) in [4.78, 5) is 28.7. The highest BCUT2D eigenvalue weighted by molar-refractivity contribution is 6.04. The number of esters is 1. The van der Waals surface area contributed by atoms with Crippen LogP contribution in [-0.2, 0) is 22.7 Å². The van der Waals surface area contributed by atoms with Gasteiger partial charge in [0.05, 0.1) is 23.7 Å². The van der Waals surface area contributed by atoms with Crippen LogP contribution in [0.1, 0.15) is 29.4 Å². The maximum atomic E-state index is 13.4. The Morgan fingerprint density at radius 2 is 2.14 bits per heavy atom. The van der Waals surface area contributed by atoms with E-state index in [1.165, 1.54) is 7.11 Å². The van der Waals surface area contributed by atoms with Crippen molar-refractivity contribution in [1.29, 1.82) is 0 Å². The number of piperidine rings is 1. The summed E-state index contributed by atoms with van der Waals surface area (Å²) in [7, 11) is 3.41. The Hall–Kier alpha value is -2.44. The number of methoxy groups -OCH3 is 1. The molecule has 2 heterocycles. The number of allylic oxidation sites excluding steroid dienone is 1. The van der Waals surface area contributed by atoms with Crippen LogP contribution in [-0.4, -0.2) is 53.6 Å². The second-order valence-electron chi connectivity index (χ2n) is 7.95. The van der Waals surface area contributed by atoms with E-state index in [0.29, 0.717) is 18.7 Å². The second kappa shape index (κ2) is 6.87. The van der Waals surface area contributed by atoms with E-state index in [1.807, 2.05) is 44.3 Å². The van der Waals surface area contributed by atoms with Crippen LogP contribution in [0.4, 0.5) is 0 Å². The van der Waals surface area contributed by atoms with E-state index in [4.69, 9.17) is 4.74 Å². The van der Waals surface area contributed by atoms with Crippen molar-refractivity contribution in [3.05, 3.63) is 47.2 Å². The lowest BCUT2D eigenvalue weighted by molar-refractivity contribution is -0.158. The predicted octanol–water partition coefficient (Wildman–Crippen LogP) is 2.39. The Kier molecular flexibility index (Phi) is 4.63. The van der Waals surface area contributed by atoms with Crippen LogP contribution in [0.5, 0.6) is 0 Å². The number of aliphatic hydroxyl groups is 1. The highest BCUT2D eigenvalue weighted by Crippen LogP contribution is 2.48. The van der Waals surface area contributed by atoms with Crippen LogP contribution in [0.3, 0.4) is 0 Å². The highest BCUT2D eigenvalue weighted by Gasteiger charge is 2.54. The lowest BCUT2D eigenvalue weighted by Crippen LogP contribution is -2.54. The zero-order valence-electron chi connectivity index (χ0n) is 16.6. The summed E-state index contributed by atoms with van der Waals surface area (Å²) in [5.74, 6) is -0.503. The summed E-state index contributed by atoms with van der Waals surface area (Å²) in [6, 6.07) is 7.68. The van der Waals surface area contributed by atoms with Crippen LogP contribution in [0.15, 0.2) is 35.9 Å². The molecule has 0 radical (unpaired) electrons. The van der Waals surface area contributed by atoms with Crippen molar-refractivity contribution in [1.82, 2.24) is 9.47 Å². The molecule has 1 saturated heterocycles. The van der Waals surface area contributed by atoms with E-state index in [9.17, 15) is 14.7 Å². The molecule has 1 aliphatic heterocycles. The van der Waals surface area contributed by atoms with Gasteiger partial charge in [-0.15, -0.1) is 0 Å². The topological polar surface area (TPSA) is 71.8 Å². The lowest BCUT2D eigenvalue weighted by Gasteiger charge is -2.46. The number of fused-ring (bicyclic) bond motifs is 4. The average molecular weight is 382 g/mol. The van der Waals surface area contributed by atoms with Crippen LogP contribution in [0, 0.1) is 11.3 Å². The fourth-order valence-electron chi connectivity index (χ4n) is 5.32. The zero-order chi connectivity index (χ0) is 20.1. The number of aliphatic hydroxyl groups excluding tert-OH is 1. The molecule has 1 aliphatic carbocycles. The summed E-state index contributed by atoms with van der Waals surface area (Å²) >= 11 is 0. The van der Waals surface area contributed by atoms with E-state index in [-0.39, 0.29) is 30.8 Å². The minimum atomic E-state index is -0.824. The van der Waals surface area contributed by atoms with Crippen molar-refractivity contribution in [2.24, 2.45) is 11.3 Å². The number of aromatic nitrogens is 1. The number of likely N-dealkylation sites (tertiary alicyclic amines) is 1. The Balaban J connectivity index is 2.01. The van der Waals surface area contributed by atoms with Crippen molar-refractivity contribution in [2.45, 2.75) is 26.5 Å². The van der Waals surface area contributed by atoms with Gasteiger partial charge in [-0.1, -0.05) is 29.8 Å². The van der Waals surface area contributed by atoms with E-state index in [1.54, 1.807) is 4.57 Å². The number of hydrogen-bond donors (Lipinski definition) is 1. The third-order valence-electron chi connectivity index (χ3n) is 6.44. The molecule has 2 aliphatic rings. The molecule has 28 heavy (non-hydrogen) atoms. The van der Waals surface area contributed by atoms with Gasteiger partial charge in [-0.25, -0.2) is 0 Å². The van der Waals surface area contributed by atoms with Gasteiger partial charge in [-0.3, -0.25) is 9.59 Å². The van der Waals surface area contributed by atoms with E-state index < -0.39 is 5.41 Å². The molecule has 2 aromatic rings. The Morgan fingerprint density at radius 1 is 1.39 bits per heavy atom. The van der Waals surface area contributed by atoms with Gasteiger partial charge >= 0.3 is 5.97 Å². The van der Waals surface area contributed by atoms with E-state index in [0.717, 1.165) is 28.6 Å². The van der Waals surface area contributed by atoms with Gasteiger partial charge in [0, 0.05) is 30.8 Å². The second-order valence-corrected chi connectivity index (χ2v) is 7.95. The minimum Gasteiger partial charge on any atom is -0.469 e. The Labute approximate surface area is 164 Å².